The molecule has 0 spiro atoms. The number of methoxy groups -OCH3 is 1. The van der Waals surface area contributed by atoms with Crippen molar-refractivity contribution in [3.63, 3.8) is 0 Å². The Hall–Kier alpha value is -2.67. The number of halogens is 1. The summed E-state index contributed by atoms with van der Waals surface area (Å²) < 4.78 is 18.3. The first-order chi connectivity index (χ1) is 18.9. The van der Waals surface area contributed by atoms with E-state index in [-0.39, 0.29) is 31.4 Å². The number of carbonyl (C=O) groups is 2. The Bertz CT molecular complexity index is 1170. The number of aliphatic hydroxyl groups excluding tert-OH is 2. The summed E-state index contributed by atoms with van der Waals surface area (Å²) in [5.74, 6) is 0.707. The number of amides is 2. The van der Waals surface area contributed by atoms with Crippen LogP contribution in [0, 0.1) is 3.57 Å². The van der Waals surface area contributed by atoms with E-state index in [1.54, 1.807) is 24.2 Å². The predicted molar refractivity (Wildman–Crippen MR) is 154 cm³/mol. The Balaban J connectivity index is 1.66. The van der Waals surface area contributed by atoms with E-state index in [0.29, 0.717) is 37.3 Å². The van der Waals surface area contributed by atoms with Gasteiger partial charge in [-0.3, -0.25) is 9.59 Å². The fourth-order valence-corrected chi connectivity index (χ4v) is 5.53. The normalized spacial score (nSPS) is 22.6. The van der Waals surface area contributed by atoms with Crippen LogP contribution < -0.4 is 14.8 Å². The molecule has 2 aromatic carbocycles. The molecule has 4 atom stereocenters. The third-order valence-corrected chi connectivity index (χ3v) is 7.91. The Morgan fingerprint density at radius 3 is 2.59 bits per heavy atom. The minimum Gasteiger partial charge on any atom is -0.496 e. The third kappa shape index (κ3) is 7.30. The molecule has 2 aromatic rings. The molecule has 1 aliphatic heterocycles. The van der Waals surface area contributed by atoms with E-state index in [2.05, 4.69) is 27.9 Å². The van der Waals surface area contributed by atoms with Crippen molar-refractivity contribution in [1.82, 2.24) is 10.2 Å². The summed E-state index contributed by atoms with van der Waals surface area (Å²) in [6.07, 6.45) is 1.07. The lowest BCUT2D eigenvalue weighted by atomic mass is 9.87. The molecule has 39 heavy (non-hydrogen) atoms. The van der Waals surface area contributed by atoms with Gasteiger partial charge < -0.3 is 34.6 Å². The highest BCUT2D eigenvalue weighted by atomic mass is 127. The Morgan fingerprint density at radius 1 is 1.15 bits per heavy atom. The number of ether oxygens (including phenoxy) is 3. The zero-order valence-corrected chi connectivity index (χ0v) is 24.1. The number of hydrogen-bond acceptors (Lipinski definition) is 7. The lowest BCUT2D eigenvalue weighted by molar-refractivity contribution is -0.148. The number of nitrogens with one attached hydrogen (secondary N) is 1. The number of benzene rings is 2. The van der Waals surface area contributed by atoms with Gasteiger partial charge in [0.05, 0.1) is 23.3 Å². The molecular weight excluding hydrogens is 615 g/mol. The van der Waals surface area contributed by atoms with Gasteiger partial charge in [0.1, 0.15) is 29.8 Å². The fraction of sp³-hybridized carbons (Fsp3) is 0.448. The van der Waals surface area contributed by atoms with Gasteiger partial charge >= 0.3 is 0 Å². The van der Waals surface area contributed by atoms with Crippen molar-refractivity contribution in [2.45, 2.75) is 50.0 Å². The maximum absolute atomic E-state index is 13.8. The largest absolute Gasteiger partial charge is 0.496 e. The van der Waals surface area contributed by atoms with Crippen molar-refractivity contribution in [3.05, 3.63) is 69.3 Å². The van der Waals surface area contributed by atoms with Gasteiger partial charge in [0, 0.05) is 31.7 Å². The van der Waals surface area contributed by atoms with Crippen LogP contribution in [0.1, 0.15) is 24.8 Å². The molecule has 0 radical (unpaired) electrons. The van der Waals surface area contributed by atoms with E-state index < -0.39 is 24.4 Å². The zero-order chi connectivity index (χ0) is 27.8. The molecule has 4 unspecified atom stereocenters. The van der Waals surface area contributed by atoms with Crippen molar-refractivity contribution in [3.8, 4) is 11.5 Å². The Kier molecular flexibility index (Phi) is 10.6. The van der Waals surface area contributed by atoms with Crippen LogP contribution in [-0.4, -0.2) is 84.7 Å². The molecule has 2 amide bonds. The first-order valence-corrected chi connectivity index (χ1v) is 14.2. The second-order valence-corrected chi connectivity index (χ2v) is 10.7. The molecule has 3 N–H and O–H groups in total. The van der Waals surface area contributed by atoms with Crippen LogP contribution in [-0.2, 0) is 20.7 Å². The van der Waals surface area contributed by atoms with Gasteiger partial charge in [0.15, 0.2) is 0 Å². The smallest absolute Gasteiger partial charge is 0.252 e. The summed E-state index contributed by atoms with van der Waals surface area (Å²) in [5.41, 5.74) is 1.32. The van der Waals surface area contributed by atoms with Crippen LogP contribution in [0.15, 0.2) is 60.2 Å². The van der Waals surface area contributed by atoms with Gasteiger partial charge in [-0.2, -0.15) is 0 Å². The first-order valence-electron chi connectivity index (χ1n) is 13.2. The van der Waals surface area contributed by atoms with Crippen LogP contribution in [0.5, 0.6) is 11.5 Å². The summed E-state index contributed by atoms with van der Waals surface area (Å²) in [6, 6.07) is 14.3. The minimum atomic E-state index is -1.10. The topological polar surface area (TPSA) is 118 Å². The summed E-state index contributed by atoms with van der Waals surface area (Å²) >= 11 is 2.15. The number of carbonyl (C=O) groups excluding carboxylic acids is 2. The lowest BCUT2D eigenvalue weighted by Gasteiger charge is -2.41. The van der Waals surface area contributed by atoms with E-state index in [4.69, 9.17) is 14.2 Å². The average molecular weight is 651 g/mol. The lowest BCUT2D eigenvalue weighted by Crippen LogP contribution is -2.57. The number of nitrogens with zero attached hydrogens (tertiary/aromatic N) is 1. The van der Waals surface area contributed by atoms with Crippen LogP contribution in [0.4, 0.5) is 0 Å². The monoisotopic (exact) mass is 650 g/mol. The number of aliphatic hydroxyl groups is 2. The molecule has 9 nitrogen and oxygen atoms in total. The molecule has 1 fully saturated rings. The molecule has 4 rings (SSSR count). The summed E-state index contributed by atoms with van der Waals surface area (Å²) in [5, 5.41) is 23.5. The van der Waals surface area contributed by atoms with E-state index in [9.17, 15) is 19.8 Å². The highest BCUT2D eigenvalue weighted by Crippen LogP contribution is 2.31. The van der Waals surface area contributed by atoms with E-state index in [1.165, 1.54) is 0 Å². The predicted octanol–water partition coefficient (Wildman–Crippen LogP) is 2.47. The minimum absolute atomic E-state index is 0.0951. The van der Waals surface area contributed by atoms with Crippen molar-refractivity contribution in [2.24, 2.45) is 0 Å². The molecular formula is C29H35IN2O7. The summed E-state index contributed by atoms with van der Waals surface area (Å²) in [4.78, 5) is 28.5. The Morgan fingerprint density at radius 2 is 1.90 bits per heavy atom. The average Bonchev–Trinajstić information content (AvgIpc) is 3.50. The maximum Gasteiger partial charge on any atom is 0.252 e. The standard InChI is InChI=1S/C29H35IN2O7/c1-37-23-9-4-2-7-19(23)12-14-32(29(36)25-11-6-16-38-25)22-17-20(28(35)31-13-15-33)18-26(27(22)34)39-24-10-5-3-8-21(24)30/h2-5,7-10,18,22,25-27,33-34H,6,11-17H2,1H3,(H,31,35). The van der Waals surface area contributed by atoms with Gasteiger partial charge in [-0.1, -0.05) is 30.3 Å². The highest BCUT2D eigenvalue weighted by Gasteiger charge is 2.42. The van der Waals surface area contributed by atoms with Crippen LogP contribution in [0.3, 0.4) is 0 Å². The van der Waals surface area contributed by atoms with Crippen molar-refractivity contribution >= 4 is 34.4 Å². The third-order valence-electron chi connectivity index (χ3n) is 7.02. The van der Waals surface area contributed by atoms with Crippen molar-refractivity contribution in [1.29, 1.82) is 0 Å². The van der Waals surface area contributed by atoms with E-state index in [0.717, 1.165) is 21.3 Å². The van der Waals surface area contributed by atoms with Gasteiger partial charge in [0.25, 0.3) is 5.91 Å². The SMILES string of the molecule is COc1ccccc1CCN(C(=O)C1CCCO1)C1CC(C(=O)NCCO)=CC(Oc2ccccc2I)C1O. The Labute approximate surface area is 242 Å². The molecule has 1 saturated heterocycles. The van der Waals surface area contributed by atoms with Crippen molar-refractivity contribution < 1.29 is 34.0 Å². The quantitative estimate of drug-likeness (QED) is 0.320. The maximum atomic E-state index is 13.8. The van der Waals surface area contributed by atoms with Crippen LogP contribution >= 0.6 is 22.6 Å². The second kappa shape index (κ2) is 14.1. The summed E-state index contributed by atoms with van der Waals surface area (Å²) in [7, 11) is 1.61. The van der Waals surface area contributed by atoms with Crippen LogP contribution in [0.2, 0.25) is 0 Å². The fourth-order valence-electron chi connectivity index (χ4n) is 5.01. The van der Waals surface area contributed by atoms with E-state index >= 15 is 0 Å². The molecule has 210 valence electrons. The van der Waals surface area contributed by atoms with Gasteiger partial charge in [-0.15, -0.1) is 0 Å². The molecule has 1 heterocycles. The highest BCUT2D eigenvalue weighted by molar-refractivity contribution is 14.1. The molecule has 0 saturated carbocycles. The second-order valence-electron chi connectivity index (χ2n) is 9.54. The van der Waals surface area contributed by atoms with Gasteiger partial charge in [-0.05, 0) is 71.7 Å². The number of rotatable bonds is 11. The zero-order valence-electron chi connectivity index (χ0n) is 21.9. The van der Waals surface area contributed by atoms with E-state index in [1.807, 2.05) is 42.5 Å². The molecule has 0 aromatic heterocycles. The molecule has 0 bridgehead atoms. The number of hydrogen-bond donors (Lipinski definition) is 3. The van der Waals surface area contributed by atoms with Crippen molar-refractivity contribution in [2.75, 3.05) is 33.4 Å². The molecule has 2 aliphatic rings. The van der Waals surface area contributed by atoms with Gasteiger partial charge in [0.2, 0.25) is 5.91 Å². The van der Waals surface area contributed by atoms with Crippen LogP contribution in [0.25, 0.3) is 0 Å². The molecule has 10 heteroatoms. The first kappa shape index (κ1) is 29.3. The van der Waals surface area contributed by atoms with Gasteiger partial charge in [-0.25, -0.2) is 0 Å². The molecule has 1 aliphatic carbocycles. The number of para-hydroxylation sites is 2. The summed E-state index contributed by atoms with van der Waals surface area (Å²) in [6.45, 7) is 0.701.